The zero-order valence-electron chi connectivity index (χ0n) is 11.5. The van der Waals surface area contributed by atoms with E-state index >= 15 is 0 Å². The highest BCUT2D eigenvalue weighted by atomic mass is 15.1. The molecular weight excluding hydrogens is 208 g/mol. The Morgan fingerprint density at radius 2 is 1.88 bits per heavy atom. The Morgan fingerprint density at radius 3 is 2.59 bits per heavy atom. The first-order valence-corrected chi connectivity index (χ1v) is 6.73. The van der Waals surface area contributed by atoms with Crippen molar-refractivity contribution in [2.45, 2.75) is 39.8 Å². The molecule has 0 saturated carbocycles. The van der Waals surface area contributed by atoms with Crippen LogP contribution < -0.4 is 5.32 Å². The summed E-state index contributed by atoms with van der Waals surface area (Å²) in [5.41, 5.74) is 2.80. The Morgan fingerprint density at radius 1 is 1.12 bits per heavy atom. The summed E-state index contributed by atoms with van der Waals surface area (Å²) in [6.07, 6.45) is 2.41. The Bertz CT molecular complexity index is 310. The maximum atomic E-state index is 3.44. The molecule has 0 aliphatic heterocycles. The molecule has 1 aromatic carbocycles. The largest absolute Gasteiger partial charge is 0.313 e. The van der Waals surface area contributed by atoms with Crippen LogP contribution in [0, 0.1) is 0 Å². The highest BCUT2D eigenvalue weighted by molar-refractivity contribution is 5.23. The van der Waals surface area contributed by atoms with Crippen LogP contribution >= 0.6 is 0 Å². The summed E-state index contributed by atoms with van der Waals surface area (Å²) in [5.74, 6) is 0. The molecule has 0 saturated heterocycles. The fraction of sp³-hybridized carbons (Fsp3) is 0.600. The third-order valence-electron chi connectivity index (χ3n) is 2.81. The van der Waals surface area contributed by atoms with Gasteiger partial charge < -0.3 is 10.2 Å². The zero-order valence-corrected chi connectivity index (χ0v) is 11.5. The summed E-state index contributed by atoms with van der Waals surface area (Å²) in [4.78, 5) is 2.37. The Hall–Kier alpha value is -0.860. The molecular formula is C15H26N2. The van der Waals surface area contributed by atoms with Gasteiger partial charge in [0.1, 0.15) is 0 Å². The number of benzene rings is 1. The minimum atomic E-state index is 0.985. The molecule has 1 rings (SSSR count). The number of nitrogens with one attached hydrogen (secondary N) is 1. The van der Waals surface area contributed by atoms with Gasteiger partial charge in [-0.15, -0.1) is 0 Å². The average Bonchev–Trinajstić information content (AvgIpc) is 2.30. The van der Waals surface area contributed by atoms with Crippen molar-refractivity contribution in [2.75, 3.05) is 20.1 Å². The van der Waals surface area contributed by atoms with Gasteiger partial charge in [-0.3, -0.25) is 0 Å². The van der Waals surface area contributed by atoms with Crippen molar-refractivity contribution >= 4 is 0 Å². The minimum absolute atomic E-state index is 0.985. The van der Waals surface area contributed by atoms with E-state index < -0.39 is 0 Å². The number of rotatable bonds is 8. The quantitative estimate of drug-likeness (QED) is 0.696. The predicted molar refractivity (Wildman–Crippen MR) is 75.1 cm³/mol. The van der Waals surface area contributed by atoms with Crippen molar-refractivity contribution in [1.82, 2.24) is 10.2 Å². The molecule has 0 aliphatic rings. The Kier molecular flexibility index (Phi) is 6.90. The van der Waals surface area contributed by atoms with Crippen LogP contribution in [0.25, 0.3) is 0 Å². The normalized spacial score (nSPS) is 11.1. The van der Waals surface area contributed by atoms with E-state index in [0.717, 1.165) is 26.2 Å². The molecule has 0 spiro atoms. The Balaban J connectivity index is 2.47. The lowest BCUT2D eigenvalue weighted by Crippen LogP contribution is -2.19. The molecule has 0 unspecified atom stereocenters. The first kappa shape index (κ1) is 14.2. The van der Waals surface area contributed by atoms with Gasteiger partial charge in [-0.2, -0.15) is 0 Å². The average molecular weight is 234 g/mol. The van der Waals surface area contributed by atoms with Gasteiger partial charge in [0.05, 0.1) is 0 Å². The van der Waals surface area contributed by atoms with Crippen molar-refractivity contribution in [3.05, 3.63) is 35.4 Å². The third kappa shape index (κ3) is 5.85. The van der Waals surface area contributed by atoms with Crippen LogP contribution in [-0.2, 0) is 13.1 Å². The van der Waals surface area contributed by atoms with E-state index in [-0.39, 0.29) is 0 Å². The van der Waals surface area contributed by atoms with Crippen LogP contribution in [0.2, 0.25) is 0 Å². The molecule has 0 bridgehead atoms. The molecule has 2 heteroatoms. The molecule has 2 nitrogen and oxygen atoms in total. The van der Waals surface area contributed by atoms with E-state index in [2.05, 4.69) is 55.4 Å². The van der Waals surface area contributed by atoms with Gasteiger partial charge in [0.15, 0.2) is 0 Å². The lowest BCUT2D eigenvalue weighted by molar-refractivity contribution is 0.327. The molecule has 0 heterocycles. The van der Waals surface area contributed by atoms with E-state index in [9.17, 15) is 0 Å². The highest BCUT2D eigenvalue weighted by Crippen LogP contribution is 2.07. The molecule has 0 amide bonds. The van der Waals surface area contributed by atoms with Crippen molar-refractivity contribution in [3.63, 3.8) is 0 Å². The second kappa shape index (κ2) is 8.26. The summed E-state index contributed by atoms with van der Waals surface area (Å²) >= 11 is 0. The molecule has 1 aromatic rings. The summed E-state index contributed by atoms with van der Waals surface area (Å²) in [6, 6.07) is 8.90. The van der Waals surface area contributed by atoms with E-state index in [1.807, 2.05) is 0 Å². The number of hydrogen-bond acceptors (Lipinski definition) is 2. The molecule has 0 aromatic heterocycles. The fourth-order valence-corrected chi connectivity index (χ4v) is 2.02. The van der Waals surface area contributed by atoms with Crippen LogP contribution in [0.15, 0.2) is 24.3 Å². The van der Waals surface area contributed by atoms with Crippen LogP contribution in [0.5, 0.6) is 0 Å². The van der Waals surface area contributed by atoms with Gasteiger partial charge in [0, 0.05) is 13.1 Å². The van der Waals surface area contributed by atoms with Crippen molar-refractivity contribution < 1.29 is 0 Å². The summed E-state index contributed by atoms with van der Waals surface area (Å²) < 4.78 is 0. The number of nitrogens with zero attached hydrogens (tertiary/aromatic N) is 1. The smallest absolute Gasteiger partial charge is 0.0230 e. The van der Waals surface area contributed by atoms with E-state index in [1.165, 1.54) is 24.0 Å². The van der Waals surface area contributed by atoms with Gasteiger partial charge in [-0.05, 0) is 44.1 Å². The molecule has 17 heavy (non-hydrogen) atoms. The monoisotopic (exact) mass is 234 g/mol. The van der Waals surface area contributed by atoms with Crippen LogP contribution in [0.4, 0.5) is 0 Å². The molecule has 1 N–H and O–H groups in total. The molecule has 0 aliphatic carbocycles. The summed E-state index contributed by atoms with van der Waals surface area (Å²) in [5, 5.41) is 3.44. The maximum absolute atomic E-state index is 3.44. The minimum Gasteiger partial charge on any atom is -0.313 e. The van der Waals surface area contributed by atoms with Crippen molar-refractivity contribution in [3.8, 4) is 0 Å². The second-order valence-electron chi connectivity index (χ2n) is 4.73. The highest BCUT2D eigenvalue weighted by Gasteiger charge is 2.00. The zero-order chi connectivity index (χ0) is 12.5. The fourth-order valence-electron chi connectivity index (χ4n) is 2.02. The summed E-state index contributed by atoms with van der Waals surface area (Å²) in [7, 11) is 2.19. The van der Waals surface area contributed by atoms with Gasteiger partial charge in [-0.25, -0.2) is 0 Å². The van der Waals surface area contributed by atoms with Gasteiger partial charge in [0.2, 0.25) is 0 Å². The standard InChI is InChI=1S/C15H26N2/c1-4-9-16-12-14-7-6-8-15(11-14)13-17(3)10-5-2/h6-8,11,16H,4-5,9-10,12-13H2,1-3H3. The first-order valence-electron chi connectivity index (χ1n) is 6.73. The molecule has 0 fully saturated rings. The lowest BCUT2D eigenvalue weighted by atomic mass is 10.1. The lowest BCUT2D eigenvalue weighted by Gasteiger charge is -2.16. The van der Waals surface area contributed by atoms with E-state index in [4.69, 9.17) is 0 Å². The second-order valence-corrected chi connectivity index (χ2v) is 4.73. The van der Waals surface area contributed by atoms with E-state index in [0.29, 0.717) is 0 Å². The number of hydrogen-bond donors (Lipinski definition) is 1. The van der Waals surface area contributed by atoms with E-state index in [1.54, 1.807) is 0 Å². The topological polar surface area (TPSA) is 15.3 Å². The van der Waals surface area contributed by atoms with Gasteiger partial charge in [-0.1, -0.05) is 38.1 Å². The first-order chi connectivity index (χ1) is 8.26. The predicted octanol–water partition coefficient (Wildman–Crippen LogP) is 3.03. The third-order valence-corrected chi connectivity index (χ3v) is 2.81. The van der Waals surface area contributed by atoms with Crippen LogP contribution in [0.3, 0.4) is 0 Å². The van der Waals surface area contributed by atoms with Crippen molar-refractivity contribution in [2.24, 2.45) is 0 Å². The van der Waals surface area contributed by atoms with Crippen LogP contribution in [0.1, 0.15) is 37.8 Å². The summed E-state index contributed by atoms with van der Waals surface area (Å²) in [6.45, 7) is 8.72. The SMILES string of the molecule is CCCNCc1cccc(CN(C)CCC)c1. The molecule has 0 atom stereocenters. The molecule has 0 radical (unpaired) electrons. The van der Waals surface area contributed by atoms with Crippen LogP contribution in [-0.4, -0.2) is 25.0 Å². The van der Waals surface area contributed by atoms with Gasteiger partial charge in [0.25, 0.3) is 0 Å². The van der Waals surface area contributed by atoms with Crippen molar-refractivity contribution in [1.29, 1.82) is 0 Å². The Labute approximate surface area is 106 Å². The molecule has 96 valence electrons. The maximum Gasteiger partial charge on any atom is 0.0230 e. The van der Waals surface area contributed by atoms with Gasteiger partial charge >= 0.3 is 0 Å².